The average molecular weight is 442 g/mol. The van der Waals surface area contributed by atoms with E-state index < -0.39 is 22.0 Å². The number of esters is 1. The van der Waals surface area contributed by atoms with E-state index in [1.165, 1.54) is 13.0 Å². The molecule has 1 atom stereocenters. The van der Waals surface area contributed by atoms with Crippen LogP contribution >= 0.6 is 0 Å². The summed E-state index contributed by atoms with van der Waals surface area (Å²) in [6.07, 6.45) is 0. The lowest BCUT2D eigenvalue weighted by atomic mass is 10.2. The zero-order valence-electron chi connectivity index (χ0n) is 16.6. The number of methoxy groups -OCH3 is 1. The number of fused-ring (bicyclic) bond motifs is 1. The van der Waals surface area contributed by atoms with E-state index in [-0.39, 0.29) is 29.1 Å². The molecule has 2 heterocycles. The van der Waals surface area contributed by atoms with Crippen molar-refractivity contribution in [2.24, 2.45) is 4.99 Å². The van der Waals surface area contributed by atoms with Gasteiger partial charge in [-0.1, -0.05) is 17.3 Å². The van der Waals surface area contributed by atoms with Gasteiger partial charge in [0, 0.05) is 11.1 Å². The monoisotopic (exact) mass is 442 g/mol. The van der Waals surface area contributed by atoms with Crippen LogP contribution in [0.2, 0.25) is 0 Å². The molecule has 1 N–H and O–H groups in total. The Morgan fingerprint density at radius 1 is 1.19 bits per heavy atom. The molecule has 11 heteroatoms. The first-order chi connectivity index (χ1) is 14.9. The van der Waals surface area contributed by atoms with Crippen LogP contribution in [-0.4, -0.2) is 43.5 Å². The summed E-state index contributed by atoms with van der Waals surface area (Å²) in [5, 5.41) is 3.80. The highest BCUT2D eigenvalue weighted by Crippen LogP contribution is 2.23. The first kappa shape index (κ1) is 20.5. The summed E-state index contributed by atoms with van der Waals surface area (Å²) >= 11 is 0. The highest BCUT2D eigenvalue weighted by Gasteiger charge is 2.31. The van der Waals surface area contributed by atoms with Crippen molar-refractivity contribution in [3.05, 3.63) is 59.9 Å². The van der Waals surface area contributed by atoms with Gasteiger partial charge in [-0.15, -0.1) is 0 Å². The molecule has 31 heavy (non-hydrogen) atoms. The molecule has 0 bridgehead atoms. The van der Waals surface area contributed by atoms with Crippen LogP contribution < -0.4 is 9.46 Å². The van der Waals surface area contributed by atoms with Gasteiger partial charge in [-0.05, 0) is 43.3 Å². The van der Waals surface area contributed by atoms with Crippen molar-refractivity contribution in [3.63, 3.8) is 0 Å². The molecule has 10 nitrogen and oxygen atoms in total. The molecule has 2 aromatic carbocycles. The summed E-state index contributed by atoms with van der Waals surface area (Å²) in [6.45, 7) is 1.29. The summed E-state index contributed by atoms with van der Waals surface area (Å²) < 4.78 is 42.1. The molecule has 160 valence electrons. The number of ether oxygens (including phenoxy) is 2. The van der Waals surface area contributed by atoms with Gasteiger partial charge in [-0.2, -0.15) is 4.98 Å². The first-order valence-electron chi connectivity index (χ1n) is 9.21. The van der Waals surface area contributed by atoms with Crippen LogP contribution in [0, 0.1) is 0 Å². The van der Waals surface area contributed by atoms with E-state index in [9.17, 15) is 13.2 Å². The van der Waals surface area contributed by atoms with Gasteiger partial charge < -0.3 is 14.0 Å². The summed E-state index contributed by atoms with van der Waals surface area (Å²) in [5.74, 6) is 0.596. The van der Waals surface area contributed by atoms with Crippen molar-refractivity contribution < 1.29 is 27.2 Å². The second-order valence-corrected chi connectivity index (χ2v) is 8.26. The zero-order valence-corrected chi connectivity index (χ0v) is 17.4. The molecular weight excluding hydrogens is 424 g/mol. The summed E-state index contributed by atoms with van der Waals surface area (Å²) in [5.41, 5.74) is 1.10. The number of nitrogens with one attached hydrogen (secondary N) is 1. The average Bonchev–Trinajstić information content (AvgIpc) is 3.35. The van der Waals surface area contributed by atoms with E-state index in [2.05, 4.69) is 19.9 Å². The summed E-state index contributed by atoms with van der Waals surface area (Å²) in [7, 11) is -2.11. The van der Waals surface area contributed by atoms with Gasteiger partial charge in [0.1, 0.15) is 17.6 Å². The molecule has 0 unspecified atom stereocenters. The smallest absolute Gasteiger partial charge is 0.331 e. The third-order valence-electron chi connectivity index (χ3n) is 4.48. The number of amidine groups is 1. The Bertz CT molecular complexity index is 1250. The van der Waals surface area contributed by atoms with Gasteiger partial charge in [0.25, 0.3) is 15.9 Å². The van der Waals surface area contributed by atoms with Crippen molar-refractivity contribution in [2.45, 2.75) is 24.5 Å². The maximum absolute atomic E-state index is 12.3. The number of benzene rings is 2. The van der Waals surface area contributed by atoms with Gasteiger partial charge in [0.05, 0.1) is 12.0 Å². The Hall–Kier alpha value is -3.73. The van der Waals surface area contributed by atoms with E-state index in [1.54, 1.807) is 49.6 Å². The summed E-state index contributed by atoms with van der Waals surface area (Å²) in [4.78, 5) is 20.8. The SMILES string of the molecule is COc1ccc(-c2nc(COC(=O)[C@H](C)N=C3NS(=O)(=O)c4ccccc43)no2)cc1. The highest BCUT2D eigenvalue weighted by atomic mass is 32.2. The van der Waals surface area contributed by atoms with E-state index >= 15 is 0 Å². The predicted octanol–water partition coefficient (Wildman–Crippen LogP) is 1.92. The maximum Gasteiger partial charge on any atom is 0.331 e. The summed E-state index contributed by atoms with van der Waals surface area (Å²) in [6, 6.07) is 12.5. The third-order valence-corrected chi connectivity index (χ3v) is 5.87. The molecule has 0 aliphatic carbocycles. The topological polar surface area (TPSA) is 133 Å². The molecule has 0 saturated carbocycles. The number of nitrogens with zero attached hydrogens (tertiary/aromatic N) is 3. The standard InChI is InChI=1S/C20H18N4O6S/c1-12(21-18-15-5-3-4-6-16(15)31(26,27)24-18)20(25)29-11-17-22-19(30-23-17)13-7-9-14(28-2)10-8-13/h3-10,12H,11H2,1-2H3,(H,21,24)/t12-/m0/s1. The van der Waals surface area contributed by atoms with E-state index in [0.717, 1.165) is 0 Å². The molecule has 1 aromatic heterocycles. The fourth-order valence-corrected chi connectivity index (χ4v) is 4.13. The van der Waals surface area contributed by atoms with Crippen molar-refractivity contribution in [3.8, 4) is 17.2 Å². The third kappa shape index (κ3) is 4.26. The van der Waals surface area contributed by atoms with Crippen LogP contribution in [0.15, 0.2) is 62.9 Å². The van der Waals surface area contributed by atoms with Crippen molar-refractivity contribution >= 4 is 21.8 Å². The van der Waals surface area contributed by atoms with Crippen molar-refractivity contribution in [1.29, 1.82) is 0 Å². The Balaban J connectivity index is 1.40. The molecule has 0 spiro atoms. The van der Waals surface area contributed by atoms with Gasteiger partial charge in [-0.25, -0.2) is 13.2 Å². The molecule has 1 aliphatic heterocycles. The van der Waals surface area contributed by atoms with Crippen LogP contribution in [-0.2, 0) is 26.2 Å². The number of rotatable bonds is 6. The Morgan fingerprint density at radius 2 is 1.94 bits per heavy atom. The lowest BCUT2D eigenvalue weighted by Crippen LogP contribution is -2.26. The van der Waals surface area contributed by atoms with Gasteiger partial charge in [0.15, 0.2) is 6.61 Å². The number of carbonyl (C=O) groups is 1. The number of sulfonamides is 1. The molecular formula is C20H18N4O6S. The predicted molar refractivity (Wildman–Crippen MR) is 109 cm³/mol. The van der Waals surface area contributed by atoms with E-state index in [4.69, 9.17) is 14.0 Å². The van der Waals surface area contributed by atoms with Crippen LogP contribution in [0.4, 0.5) is 0 Å². The minimum Gasteiger partial charge on any atom is -0.497 e. The second-order valence-electron chi connectivity index (χ2n) is 6.61. The Morgan fingerprint density at radius 3 is 2.68 bits per heavy atom. The van der Waals surface area contributed by atoms with E-state index in [0.29, 0.717) is 16.9 Å². The fourth-order valence-electron chi connectivity index (χ4n) is 2.90. The normalized spacial score (nSPS) is 16.4. The number of hydrogen-bond acceptors (Lipinski definition) is 9. The second kappa shape index (κ2) is 8.19. The first-order valence-corrected chi connectivity index (χ1v) is 10.7. The molecule has 0 amide bonds. The Kier molecular flexibility index (Phi) is 5.42. The number of aromatic nitrogens is 2. The van der Waals surface area contributed by atoms with Gasteiger partial charge in [0.2, 0.25) is 5.82 Å². The van der Waals surface area contributed by atoms with Crippen LogP contribution in [0.3, 0.4) is 0 Å². The van der Waals surface area contributed by atoms with Crippen LogP contribution in [0.1, 0.15) is 18.3 Å². The molecule has 3 aromatic rings. The lowest BCUT2D eigenvalue weighted by molar-refractivity contribution is -0.146. The van der Waals surface area contributed by atoms with Gasteiger partial charge in [-0.3, -0.25) is 9.71 Å². The largest absolute Gasteiger partial charge is 0.497 e. The fraction of sp³-hybridized carbons (Fsp3) is 0.200. The minimum atomic E-state index is -3.68. The minimum absolute atomic E-state index is 0.0985. The molecule has 0 radical (unpaired) electrons. The van der Waals surface area contributed by atoms with E-state index in [1.807, 2.05) is 0 Å². The quantitative estimate of drug-likeness (QED) is 0.573. The zero-order chi connectivity index (χ0) is 22.0. The Labute approximate surface area is 178 Å². The number of hydrogen-bond donors (Lipinski definition) is 1. The molecule has 1 aliphatic rings. The van der Waals surface area contributed by atoms with Crippen molar-refractivity contribution in [1.82, 2.24) is 14.9 Å². The maximum atomic E-state index is 12.3. The number of aliphatic imine (C=N–C) groups is 1. The molecule has 4 rings (SSSR count). The lowest BCUT2D eigenvalue weighted by Gasteiger charge is -2.07. The molecule has 0 saturated heterocycles. The molecule has 0 fully saturated rings. The highest BCUT2D eigenvalue weighted by molar-refractivity contribution is 7.90. The van der Waals surface area contributed by atoms with Crippen LogP contribution in [0.5, 0.6) is 5.75 Å². The van der Waals surface area contributed by atoms with Gasteiger partial charge >= 0.3 is 5.97 Å². The van der Waals surface area contributed by atoms with Crippen LogP contribution in [0.25, 0.3) is 11.5 Å². The van der Waals surface area contributed by atoms with Crippen molar-refractivity contribution in [2.75, 3.05) is 7.11 Å². The number of carbonyl (C=O) groups excluding carboxylic acids is 1.